The fourth-order valence-corrected chi connectivity index (χ4v) is 5.50. The van der Waals surface area contributed by atoms with E-state index >= 15 is 0 Å². The van der Waals surface area contributed by atoms with Gasteiger partial charge in [0.2, 0.25) is 11.8 Å². The molecule has 0 radical (unpaired) electrons. The number of aromatic nitrogens is 1. The predicted octanol–water partition coefficient (Wildman–Crippen LogP) is 2.91. The normalized spacial score (nSPS) is 19.5. The summed E-state index contributed by atoms with van der Waals surface area (Å²) in [5, 5.41) is 0.744. The average molecular weight is 388 g/mol. The van der Waals surface area contributed by atoms with Crippen LogP contribution in [-0.2, 0) is 22.4 Å². The Morgan fingerprint density at radius 2 is 2.15 bits per heavy atom. The fraction of sp³-hybridized carbons (Fsp3) is 0.421. The number of anilines is 1. The van der Waals surface area contributed by atoms with E-state index in [-0.39, 0.29) is 18.4 Å². The van der Waals surface area contributed by atoms with E-state index in [0.717, 1.165) is 30.1 Å². The molecule has 5 nitrogen and oxygen atoms in total. The summed E-state index contributed by atoms with van der Waals surface area (Å²) >= 11 is 3.17. The van der Waals surface area contributed by atoms with Crippen molar-refractivity contribution in [1.29, 1.82) is 0 Å². The highest BCUT2D eigenvalue weighted by atomic mass is 32.2. The Morgan fingerprint density at radius 3 is 2.88 bits per heavy atom. The first-order valence-corrected chi connectivity index (χ1v) is 10.7. The molecule has 0 saturated carbocycles. The van der Waals surface area contributed by atoms with Crippen LogP contribution >= 0.6 is 23.1 Å². The Labute approximate surface area is 161 Å². The Hall–Kier alpha value is -1.86. The molecular formula is C19H21N3O2S2. The van der Waals surface area contributed by atoms with Gasteiger partial charge in [-0.15, -0.1) is 23.1 Å². The van der Waals surface area contributed by atoms with Crippen LogP contribution in [0.25, 0.3) is 0 Å². The summed E-state index contributed by atoms with van der Waals surface area (Å²) in [6, 6.07) is 10.6. The fourth-order valence-electron chi connectivity index (χ4n) is 3.43. The molecule has 0 spiro atoms. The number of nitrogens with zero attached hydrogens (tertiary/aromatic N) is 3. The van der Waals surface area contributed by atoms with Crippen molar-refractivity contribution in [3.63, 3.8) is 0 Å². The van der Waals surface area contributed by atoms with Crippen LogP contribution in [-0.4, -0.2) is 46.9 Å². The molecular weight excluding hydrogens is 366 g/mol. The van der Waals surface area contributed by atoms with Gasteiger partial charge in [-0.25, -0.2) is 4.98 Å². The number of benzene rings is 1. The van der Waals surface area contributed by atoms with E-state index in [2.05, 4.69) is 24.3 Å². The number of amides is 2. The van der Waals surface area contributed by atoms with Gasteiger partial charge in [0, 0.05) is 11.9 Å². The summed E-state index contributed by atoms with van der Waals surface area (Å²) in [4.78, 5) is 33.5. The SMILES string of the molecule is CN(C(=O)CN1CSCC1=O)c1nc2c(s1)CC(c1ccccc1)CC2. The van der Waals surface area contributed by atoms with Crippen molar-refractivity contribution < 1.29 is 9.59 Å². The molecule has 0 bridgehead atoms. The zero-order valence-electron chi connectivity index (χ0n) is 14.7. The highest BCUT2D eigenvalue weighted by Crippen LogP contribution is 2.37. The quantitative estimate of drug-likeness (QED) is 0.809. The molecule has 1 fully saturated rings. The zero-order chi connectivity index (χ0) is 18.1. The van der Waals surface area contributed by atoms with E-state index in [1.54, 1.807) is 39.9 Å². The molecule has 1 aromatic heterocycles. The maximum absolute atomic E-state index is 12.5. The smallest absolute Gasteiger partial charge is 0.248 e. The average Bonchev–Trinajstić information content (AvgIpc) is 3.27. The van der Waals surface area contributed by atoms with Gasteiger partial charge in [0.05, 0.1) is 17.3 Å². The van der Waals surface area contributed by atoms with Crippen molar-refractivity contribution in [2.45, 2.75) is 25.2 Å². The third kappa shape index (κ3) is 3.50. The minimum Gasteiger partial charge on any atom is -0.323 e. The predicted molar refractivity (Wildman–Crippen MR) is 106 cm³/mol. The number of thioether (sulfide) groups is 1. The van der Waals surface area contributed by atoms with E-state index in [0.29, 0.717) is 17.5 Å². The molecule has 2 aliphatic rings. The summed E-state index contributed by atoms with van der Waals surface area (Å²) < 4.78 is 0. The molecule has 1 aliphatic carbocycles. The molecule has 2 aromatic rings. The largest absolute Gasteiger partial charge is 0.323 e. The first-order chi connectivity index (χ1) is 12.6. The van der Waals surface area contributed by atoms with Gasteiger partial charge in [-0.3, -0.25) is 14.5 Å². The molecule has 1 aromatic carbocycles. The molecule has 4 rings (SSSR count). The van der Waals surface area contributed by atoms with Crippen molar-refractivity contribution in [1.82, 2.24) is 9.88 Å². The molecule has 0 N–H and O–H groups in total. The van der Waals surface area contributed by atoms with Crippen molar-refractivity contribution in [3.05, 3.63) is 46.5 Å². The van der Waals surface area contributed by atoms with Crippen molar-refractivity contribution in [3.8, 4) is 0 Å². The number of rotatable bonds is 4. The molecule has 136 valence electrons. The summed E-state index contributed by atoms with van der Waals surface area (Å²) in [5.74, 6) is 1.57. The van der Waals surface area contributed by atoms with E-state index < -0.39 is 0 Å². The lowest BCUT2D eigenvalue weighted by Gasteiger charge is -2.21. The van der Waals surface area contributed by atoms with Crippen LogP contribution in [0.1, 0.15) is 28.5 Å². The first kappa shape index (κ1) is 17.5. The third-order valence-corrected chi connectivity index (χ3v) is 7.15. The van der Waals surface area contributed by atoms with Crippen LogP contribution in [0.4, 0.5) is 5.13 Å². The minimum atomic E-state index is -0.0773. The number of likely N-dealkylation sites (N-methyl/N-ethyl adjacent to an activating group) is 1. The van der Waals surface area contributed by atoms with Gasteiger partial charge in [-0.2, -0.15) is 0 Å². The maximum atomic E-state index is 12.5. The lowest BCUT2D eigenvalue weighted by atomic mass is 9.85. The van der Waals surface area contributed by atoms with Gasteiger partial charge >= 0.3 is 0 Å². The second kappa shape index (κ2) is 7.40. The number of hydrogen-bond acceptors (Lipinski definition) is 5. The van der Waals surface area contributed by atoms with Crippen LogP contribution in [0.2, 0.25) is 0 Å². The molecule has 2 heterocycles. The molecule has 1 saturated heterocycles. The van der Waals surface area contributed by atoms with Crippen LogP contribution in [0, 0.1) is 0 Å². The van der Waals surface area contributed by atoms with Crippen molar-refractivity contribution >= 4 is 40.0 Å². The maximum Gasteiger partial charge on any atom is 0.248 e. The first-order valence-electron chi connectivity index (χ1n) is 8.77. The summed E-state index contributed by atoms with van der Waals surface area (Å²) in [6.07, 6.45) is 3.03. The topological polar surface area (TPSA) is 53.5 Å². The minimum absolute atomic E-state index is 0.0425. The lowest BCUT2D eigenvalue weighted by Crippen LogP contribution is -2.39. The van der Waals surface area contributed by atoms with Gasteiger partial charge in [0.1, 0.15) is 6.54 Å². The summed E-state index contributed by atoms with van der Waals surface area (Å²) in [5.41, 5.74) is 2.51. The van der Waals surface area contributed by atoms with Crippen LogP contribution in [0.5, 0.6) is 0 Å². The van der Waals surface area contributed by atoms with E-state index in [9.17, 15) is 9.59 Å². The van der Waals surface area contributed by atoms with Crippen LogP contribution in [0.15, 0.2) is 30.3 Å². The zero-order valence-corrected chi connectivity index (χ0v) is 16.3. The van der Waals surface area contributed by atoms with Gasteiger partial charge in [0.15, 0.2) is 5.13 Å². The van der Waals surface area contributed by atoms with E-state index in [1.807, 2.05) is 6.07 Å². The van der Waals surface area contributed by atoms with Gasteiger partial charge in [-0.05, 0) is 30.7 Å². The number of carbonyl (C=O) groups is 2. The van der Waals surface area contributed by atoms with Crippen molar-refractivity contribution in [2.75, 3.05) is 30.1 Å². The number of carbonyl (C=O) groups excluding carboxylic acids is 2. The standard InChI is InChI=1S/C19H21N3O2S2/c1-21(17(23)10-22-12-25-11-18(22)24)19-20-15-8-7-14(9-16(15)26-19)13-5-3-2-4-6-13/h2-6,14H,7-12H2,1H3. The lowest BCUT2D eigenvalue weighted by molar-refractivity contribution is -0.131. The Morgan fingerprint density at radius 1 is 1.35 bits per heavy atom. The highest BCUT2D eigenvalue weighted by molar-refractivity contribution is 8.00. The monoisotopic (exact) mass is 387 g/mol. The highest BCUT2D eigenvalue weighted by Gasteiger charge is 2.28. The Bertz CT molecular complexity index is 821. The van der Waals surface area contributed by atoms with E-state index in [1.165, 1.54) is 10.4 Å². The molecule has 26 heavy (non-hydrogen) atoms. The van der Waals surface area contributed by atoms with Gasteiger partial charge in [0.25, 0.3) is 0 Å². The van der Waals surface area contributed by atoms with Gasteiger partial charge in [-0.1, -0.05) is 30.3 Å². The number of aryl methyl sites for hydroxylation is 1. The third-order valence-electron chi connectivity index (χ3n) is 5.01. The number of fused-ring (bicyclic) bond motifs is 1. The van der Waals surface area contributed by atoms with Crippen LogP contribution in [0.3, 0.4) is 0 Å². The summed E-state index contributed by atoms with van der Waals surface area (Å²) in [7, 11) is 1.76. The Balaban J connectivity index is 1.45. The van der Waals surface area contributed by atoms with Crippen molar-refractivity contribution in [2.24, 2.45) is 0 Å². The Kier molecular flexibility index (Phi) is 5.00. The molecule has 1 atom stereocenters. The van der Waals surface area contributed by atoms with Gasteiger partial charge < -0.3 is 4.90 Å². The van der Waals surface area contributed by atoms with Crippen LogP contribution < -0.4 is 4.90 Å². The molecule has 1 aliphatic heterocycles. The second-order valence-corrected chi connectivity index (χ2v) is 8.76. The summed E-state index contributed by atoms with van der Waals surface area (Å²) in [6.45, 7) is 0.138. The van der Waals surface area contributed by atoms with E-state index in [4.69, 9.17) is 4.98 Å². The molecule has 2 amide bonds. The molecule has 7 heteroatoms. The number of thiazole rings is 1. The second-order valence-electron chi connectivity index (χ2n) is 6.74. The number of hydrogen-bond donors (Lipinski definition) is 0. The molecule has 1 unspecified atom stereocenters.